The van der Waals surface area contributed by atoms with E-state index in [0.29, 0.717) is 31.7 Å². The average molecular weight is 327 g/mol. The lowest BCUT2D eigenvalue weighted by molar-refractivity contribution is -0.123. The molecule has 0 radical (unpaired) electrons. The molecule has 1 aromatic carbocycles. The molecular formula is C18H21N3O3. The van der Waals surface area contributed by atoms with Gasteiger partial charge < -0.3 is 14.7 Å². The van der Waals surface area contributed by atoms with Crippen molar-refractivity contribution in [3.05, 3.63) is 59.4 Å². The molecule has 0 spiro atoms. The maximum Gasteiger partial charge on any atom is 0.255 e. The van der Waals surface area contributed by atoms with Crippen LogP contribution in [0.4, 0.5) is 0 Å². The number of hydrogen-bond acceptors (Lipinski definition) is 5. The van der Waals surface area contributed by atoms with E-state index in [1.54, 1.807) is 11.0 Å². The van der Waals surface area contributed by atoms with E-state index >= 15 is 0 Å². The number of aliphatic hydroxyl groups is 1. The van der Waals surface area contributed by atoms with Crippen molar-refractivity contribution < 1.29 is 14.6 Å². The van der Waals surface area contributed by atoms with Gasteiger partial charge in [0.1, 0.15) is 5.60 Å². The predicted molar refractivity (Wildman–Crippen MR) is 88.6 cm³/mol. The SMILES string of the molecule is Cc1ccccc1C[C@]1(CO)CN(C(=O)c2ccnnc2)CCO1. The van der Waals surface area contributed by atoms with E-state index in [1.807, 2.05) is 31.2 Å². The zero-order valence-electron chi connectivity index (χ0n) is 13.7. The van der Waals surface area contributed by atoms with Gasteiger partial charge in [-0.05, 0) is 24.1 Å². The second-order valence-corrected chi connectivity index (χ2v) is 6.15. The van der Waals surface area contributed by atoms with Crippen LogP contribution < -0.4 is 0 Å². The third kappa shape index (κ3) is 3.44. The Morgan fingerprint density at radius 2 is 2.17 bits per heavy atom. The largest absolute Gasteiger partial charge is 0.393 e. The molecule has 0 saturated carbocycles. The van der Waals surface area contributed by atoms with Crippen molar-refractivity contribution in [2.75, 3.05) is 26.3 Å². The van der Waals surface area contributed by atoms with Crippen LogP contribution >= 0.6 is 0 Å². The Balaban J connectivity index is 1.79. The maximum absolute atomic E-state index is 12.6. The summed E-state index contributed by atoms with van der Waals surface area (Å²) in [7, 11) is 0. The molecule has 3 rings (SSSR count). The number of morpholine rings is 1. The summed E-state index contributed by atoms with van der Waals surface area (Å²) < 4.78 is 5.92. The third-order valence-electron chi connectivity index (χ3n) is 4.43. The monoisotopic (exact) mass is 327 g/mol. The van der Waals surface area contributed by atoms with Crippen LogP contribution in [-0.2, 0) is 11.2 Å². The van der Waals surface area contributed by atoms with Gasteiger partial charge in [0.2, 0.25) is 0 Å². The minimum absolute atomic E-state index is 0.115. The van der Waals surface area contributed by atoms with Crippen molar-refractivity contribution in [2.24, 2.45) is 0 Å². The highest BCUT2D eigenvalue weighted by molar-refractivity contribution is 5.93. The molecule has 1 aromatic heterocycles. The first-order valence-corrected chi connectivity index (χ1v) is 7.99. The van der Waals surface area contributed by atoms with Crippen LogP contribution in [0.1, 0.15) is 21.5 Å². The molecule has 24 heavy (non-hydrogen) atoms. The summed E-state index contributed by atoms with van der Waals surface area (Å²) in [6.07, 6.45) is 3.52. The molecule has 1 fully saturated rings. The Hall–Kier alpha value is -2.31. The minimum atomic E-state index is -0.777. The molecular weight excluding hydrogens is 306 g/mol. The van der Waals surface area contributed by atoms with Gasteiger partial charge in [-0.3, -0.25) is 4.79 Å². The van der Waals surface area contributed by atoms with Crippen molar-refractivity contribution in [3.63, 3.8) is 0 Å². The summed E-state index contributed by atoms with van der Waals surface area (Å²) in [5.41, 5.74) is 1.98. The van der Waals surface area contributed by atoms with Gasteiger partial charge >= 0.3 is 0 Å². The van der Waals surface area contributed by atoms with E-state index in [2.05, 4.69) is 10.2 Å². The van der Waals surface area contributed by atoms with E-state index in [1.165, 1.54) is 12.4 Å². The molecule has 1 saturated heterocycles. The number of aliphatic hydroxyl groups excluding tert-OH is 1. The zero-order valence-corrected chi connectivity index (χ0v) is 13.7. The standard InChI is InChI=1S/C18H21N3O3/c1-14-4-2-3-5-15(14)10-18(13-22)12-21(8-9-24-18)17(23)16-6-7-19-20-11-16/h2-7,11,22H,8-10,12-13H2,1H3/t18-/m1/s1. The van der Waals surface area contributed by atoms with Crippen LogP contribution in [0.25, 0.3) is 0 Å². The van der Waals surface area contributed by atoms with Crippen LogP contribution in [0.5, 0.6) is 0 Å². The number of aromatic nitrogens is 2. The molecule has 0 aliphatic carbocycles. The Bertz CT molecular complexity index is 708. The Morgan fingerprint density at radius 1 is 1.33 bits per heavy atom. The fourth-order valence-corrected chi connectivity index (χ4v) is 3.03. The number of hydrogen-bond donors (Lipinski definition) is 1. The van der Waals surface area contributed by atoms with Crippen molar-refractivity contribution in [1.82, 2.24) is 15.1 Å². The predicted octanol–water partition coefficient (Wildman–Crippen LogP) is 1.23. The van der Waals surface area contributed by atoms with E-state index in [-0.39, 0.29) is 12.5 Å². The molecule has 2 aromatic rings. The first kappa shape index (κ1) is 16.5. The number of carbonyl (C=O) groups excluding carboxylic acids is 1. The summed E-state index contributed by atoms with van der Waals surface area (Å²) in [4.78, 5) is 14.4. The van der Waals surface area contributed by atoms with Gasteiger partial charge in [-0.15, -0.1) is 0 Å². The van der Waals surface area contributed by atoms with Gasteiger partial charge in [-0.2, -0.15) is 10.2 Å². The summed E-state index contributed by atoms with van der Waals surface area (Å²) in [6, 6.07) is 9.67. The van der Waals surface area contributed by atoms with E-state index < -0.39 is 5.60 Å². The third-order valence-corrected chi connectivity index (χ3v) is 4.43. The average Bonchev–Trinajstić information content (AvgIpc) is 2.64. The van der Waals surface area contributed by atoms with Crippen LogP contribution in [0.15, 0.2) is 42.7 Å². The number of amides is 1. The number of nitrogens with zero attached hydrogens (tertiary/aromatic N) is 3. The fourth-order valence-electron chi connectivity index (χ4n) is 3.03. The lowest BCUT2D eigenvalue weighted by Gasteiger charge is -2.42. The van der Waals surface area contributed by atoms with Crippen molar-refractivity contribution >= 4 is 5.91 Å². The normalized spacial score (nSPS) is 20.8. The molecule has 1 aliphatic heterocycles. The summed E-state index contributed by atoms with van der Waals surface area (Å²) >= 11 is 0. The molecule has 126 valence electrons. The van der Waals surface area contributed by atoms with E-state index in [4.69, 9.17) is 4.74 Å². The second-order valence-electron chi connectivity index (χ2n) is 6.15. The molecule has 0 bridgehead atoms. The summed E-state index contributed by atoms with van der Waals surface area (Å²) in [5, 5.41) is 17.4. The van der Waals surface area contributed by atoms with E-state index in [9.17, 15) is 9.90 Å². The van der Waals surface area contributed by atoms with Gasteiger partial charge in [0.25, 0.3) is 5.91 Å². The van der Waals surface area contributed by atoms with Crippen LogP contribution in [0.2, 0.25) is 0 Å². The highest BCUT2D eigenvalue weighted by Gasteiger charge is 2.38. The van der Waals surface area contributed by atoms with Crippen molar-refractivity contribution in [2.45, 2.75) is 18.9 Å². The quantitative estimate of drug-likeness (QED) is 0.914. The van der Waals surface area contributed by atoms with Crippen LogP contribution in [-0.4, -0.2) is 58.0 Å². The number of rotatable bonds is 4. The van der Waals surface area contributed by atoms with Gasteiger partial charge in [-0.1, -0.05) is 24.3 Å². The lowest BCUT2D eigenvalue weighted by Crippen LogP contribution is -2.56. The molecule has 2 heterocycles. The Labute approximate surface area is 141 Å². The van der Waals surface area contributed by atoms with Crippen molar-refractivity contribution in [3.8, 4) is 0 Å². The number of carbonyl (C=O) groups is 1. The topological polar surface area (TPSA) is 75.5 Å². The van der Waals surface area contributed by atoms with Crippen molar-refractivity contribution in [1.29, 1.82) is 0 Å². The maximum atomic E-state index is 12.6. The van der Waals surface area contributed by atoms with E-state index in [0.717, 1.165) is 11.1 Å². The summed E-state index contributed by atoms with van der Waals surface area (Å²) in [6.45, 7) is 3.14. The number of ether oxygens (including phenoxy) is 1. The van der Waals surface area contributed by atoms with Crippen LogP contribution in [0.3, 0.4) is 0 Å². The number of benzene rings is 1. The number of aryl methyl sites for hydroxylation is 1. The van der Waals surface area contributed by atoms with Gasteiger partial charge in [0.15, 0.2) is 0 Å². The van der Waals surface area contributed by atoms with Crippen LogP contribution in [0, 0.1) is 6.92 Å². The molecule has 1 aliphatic rings. The van der Waals surface area contributed by atoms with Gasteiger partial charge in [0.05, 0.1) is 37.7 Å². The first-order chi connectivity index (χ1) is 11.6. The lowest BCUT2D eigenvalue weighted by atomic mass is 9.90. The smallest absolute Gasteiger partial charge is 0.255 e. The molecule has 1 atom stereocenters. The minimum Gasteiger partial charge on any atom is -0.393 e. The Kier molecular flexibility index (Phi) is 4.87. The summed E-state index contributed by atoms with van der Waals surface area (Å²) in [5.74, 6) is -0.115. The molecule has 1 amide bonds. The second kappa shape index (κ2) is 7.07. The van der Waals surface area contributed by atoms with Gasteiger partial charge in [0, 0.05) is 13.0 Å². The molecule has 1 N–H and O–H groups in total. The molecule has 0 unspecified atom stereocenters. The fraction of sp³-hybridized carbons (Fsp3) is 0.389. The molecule has 6 heteroatoms. The highest BCUT2D eigenvalue weighted by Crippen LogP contribution is 2.25. The Morgan fingerprint density at radius 3 is 2.88 bits per heavy atom. The zero-order chi connectivity index (χ0) is 17.0. The highest BCUT2D eigenvalue weighted by atomic mass is 16.5. The first-order valence-electron chi connectivity index (χ1n) is 7.99. The molecule has 6 nitrogen and oxygen atoms in total. The van der Waals surface area contributed by atoms with Gasteiger partial charge in [-0.25, -0.2) is 0 Å².